The van der Waals surface area contributed by atoms with E-state index < -0.39 is 0 Å². The Hall–Kier alpha value is -5.51. The molecule has 2 amide bonds. The van der Waals surface area contributed by atoms with Gasteiger partial charge in [-0.3, -0.25) is 23.9 Å². The van der Waals surface area contributed by atoms with Crippen molar-refractivity contribution in [3.05, 3.63) is 113 Å². The minimum atomic E-state index is -0.326. The van der Waals surface area contributed by atoms with E-state index in [1.54, 1.807) is 61.8 Å². The summed E-state index contributed by atoms with van der Waals surface area (Å²) < 4.78 is 6.68. The molecule has 1 aliphatic heterocycles. The van der Waals surface area contributed by atoms with Crippen LogP contribution in [-0.2, 0) is 27.8 Å². The smallest absolute Gasteiger partial charge is 0.306 e. The summed E-state index contributed by atoms with van der Waals surface area (Å²) >= 11 is 0. The lowest BCUT2D eigenvalue weighted by Gasteiger charge is -2.08. The van der Waals surface area contributed by atoms with Crippen LogP contribution in [0.5, 0.6) is 0 Å². The molecule has 1 aliphatic rings. The van der Waals surface area contributed by atoms with Crippen molar-refractivity contribution in [2.24, 2.45) is 7.05 Å². The number of fused-ring (bicyclic) bond motifs is 1. The summed E-state index contributed by atoms with van der Waals surface area (Å²) in [5.74, 6) is -1.03. The highest BCUT2D eigenvalue weighted by molar-refractivity contribution is 6.32. The fourth-order valence-corrected chi connectivity index (χ4v) is 5.08. The maximum absolute atomic E-state index is 13.4. The Labute approximate surface area is 261 Å². The molecule has 3 aromatic carbocycles. The van der Waals surface area contributed by atoms with Crippen LogP contribution in [0, 0.1) is 6.92 Å². The van der Waals surface area contributed by atoms with Crippen LogP contribution in [0.1, 0.15) is 69.9 Å². The van der Waals surface area contributed by atoms with Crippen molar-refractivity contribution in [1.29, 1.82) is 0 Å². The quantitative estimate of drug-likeness (QED) is 0.110. The molecule has 230 valence electrons. The minimum Gasteiger partial charge on any atom is -0.463 e. The molecule has 0 fully saturated rings. The van der Waals surface area contributed by atoms with E-state index in [1.807, 2.05) is 45.0 Å². The van der Waals surface area contributed by atoms with Crippen LogP contribution in [-0.4, -0.2) is 39.5 Å². The van der Waals surface area contributed by atoms with Gasteiger partial charge in [0.2, 0.25) is 0 Å². The molecule has 0 bridgehead atoms. The van der Waals surface area contributed by atoms with Gasteiger partial charge in [-0.2, -0.15) is 5.10 Å². The number of hydrogen-bond donors (Lipinski definition) is 3. The molecule has 0 spiro atoms. The summed E-state index contributed by atoms with van der Waals surface area (Å²) in [7, 11) is 1.70. The number of ketones is 1. The summed E-state index contributed by atoms with van der Waals surface area (Å²) in [5, 5.41) is 13.0. The van der Waals surface area contributed by atoms with Gasteiger partial charge >= 0.3 is 5.97 Å². The van der Waals surface area contributed by atoms with Crippen molar-refractivity contribution in [1.82, 2.24) is 9.78 Å². The highest BCUT2D eigenvalue weighted by Gasteiger charge is 2.25. The molecular formula is C35H35N5O5. The summed E-state index contributed by atoms with van der Waals surface area (Å²) in [6.07, 6.45) is 3.38. The van der Waals surface area contributed by atoms with Crippen LogP contribution in [0.2, 0.25) is 0 Å². The molecule has 0 aliphatic carbocycles. The van der Waals surface area contributed by atoms with Crippen LogP contribution < -0.4 is 16.0 Å². The number of carbonyl (C=O) groups excluding carboxylic acids is 4. The number of aryl methyl sites for hydroxylation is 3. The molecule has 10 nitrogen and oxygen atoms in total. The van der Waals surface area contributed by atoms with Crippen LogP contribution >= 0.6 is 0 Å². The van der Waals surface area contributed by atoms with Crippen LogP contribution in [0.15, 0.2) is 79.0 Å². The lowest BCUT2D eigenvalue weighted by atomic mass is 9.99. The van der Waals surface area contributed by atoms with Crippen molar-refractivity contribution in [2.75, 3.05) is 16.0 Å². The van der Waals surface area contributed by atoms with Crippen molar-refractivity contribution < 1.29 is 23.9 Å². The predicted octanol–water partition coefficient (Wildman–Crippen LogP) is 5.89. The number of ether oxygens (including phenoxy) is 1. The van der Waals surface area contributed by atoms with Crippen molar-refractivity contribution in [2.45, 2.75) is 46.1 Å². The molecule has 4 aromatic rings. The van der Waals surface area contributed by atoms with Crippen LogP contribution in [0.3, 0.4) is 0 Å². The Morgan fingerprint density at radius 3 is 2.44 bits per heavy atom. The zero-order valence-electron chi connectivity index (χ0n) is 25.6. The average molecular weight is 606 g/mol. The van der Waals surface area contributed by atoms with E-state index in [0.717, 1.165) is 23.4 Å². The van der Waals surface area contributed by atoms with Crippen molar-refractivity contribution in [3.8, 4) is 0 Å². The minimum absolute atomic E-state index is 0.108. The van der Waals surface area contributed by atoms with Gasteiger partial charge in [0.1, 0.15) is 5.69 Å². The highest BCUT2D eigenvalue weighted by atomic mass is 16.5. The molecule has 0 saturated heterocycles. The number of aromatic nitrogens is 2. The monoisotopic (exact) mass is 605 g/mol. The fourth-order valence-electron chi connectivity index (χ4n) is 5.08. The molecule has 1 aromatic heterocycles. The zero-order valence-corrected chi connectivity index (χ0v) is 25.6. The van der Waals surface area contributed by atoms with Gasteiger partial charge in [-0.15, -0.1) is 0 Å². The molecule has 0 radical (unpaired) electrons. The Bertz CT molecular complexity index is 1800. The molecule has 0 atom stereocenters. The number of hydrogen-bond acceptors (Lipinski definition) is 7. The number of carbonyl (C=O) groups is 4. The largest absolute Gasteiger partial charge is 0.463 e. The fraction of sp³-hybridized carbons (Fsp3) is 0.229. The normalized spacial score (nSPS) is 13.0. The van der Waals surface area contributed by atoms with E-state index in [-0.39, 0.29) is 29.7 Å². The van der Waals surface area contributed by atoms with E-state index >= 15 is 0 Å². The number of anilines is 3. The molecule has 0 saturated carbocycles. The van der Waals surface area contributed by atoms with E-state index in [4.69, 9.17) is 4.74 Å². The van der Waals surface area contributed by atoms with Gasteiger partial charge < -0.3 is 20.7 Å². The predicted molar refractivity (Wildman–Crippen MR) is 173 cm³/mol. The van der Waals surface area contributed by atoms with E-state index in [9.17, 15) is 19.2 Å². The first-order valence-electron chi connectivity index (χ1n) is 14.7. The lowest BCUT2D eigenvalue weighted by molar-refractivity contribution is -0.147. The Morgan fingerprint density at radius 1 is 0.978 bits per heavy atom. The topological polar surface area (TPSA) is 131 Å². The number of esters is 1. The third-order valence-electron chi connectivity index (χ3n) is 7.23. The highest BCUT2D eigenvalue weighted by Crippen LogP contribution is 2.33. The van der Waals surface area contributed by atoms with Gasteiger partial charge in [-0.25, -0.2) is 0 Å². The van der Waals surface area contributed by atoms with Gasteiger partial charge in [0.05, 0.1) is 17.4 Å². The second-order valence-electron chi connectivity index (χ2n) is 11.2. The summed E-state index contributed by atoms with van der Waals surface area (Å²) in [6.45, 7) is 5.48. The number of amides is 2. The third kappa shape index (κ3) is 7.53. The first kappa shape index (κ1) is 30.9. The van der Waals surface area contributed by atoms with E-state index in [2.05, 4.69) is 21.0 Å². The van der Waals surface area contributed by atoms with Crippen molar-refractivity contribution >= 4 is 46.2 Å². The second-order valence-corrected chi connectivity index (χ2v) is 11.2. The summed E-state index contributed by atoms with van der Waals surface area (Å²) in [6, 6.07) is 21.3. The lowest BCUT2D eigenvalue weighted by Crippen LogP contribution is -2.16. The first-order chi connectivity index (χ1) is 21.6. The summed E-state index contributed by atoms with van der Waals surface area (Å²) in [5.41, 5.74) is 6.01. The number of nitrogens with one attached hydrogen (secondary N) is 3. The average Bonchev–Trinajstić information content (AvgIpc) is 3.51. The van der Waals surface area contributed by atoms with Gasteiger partial charge in [0.15, 0.2) is 5.78 Å². The van der Waals surface area contributed by atoms with Gasteiger partial charge in [-0.1, -0.05) is 36.4 Å². The second kappa shape index (κ2) is 13.4. The van der Waals surface area contributed by atoms with E-state index in [1.165, 1.54) is 4.68 Å². The Balaban J connectivity index is 1.22. The molecule has 10 heteroatoms. The molecule has 45 heavy (non-hydrogen) atoms. The van der Waals surface area contributed by atoms with Crippen LogP contribution in [0.4, 0.5) is 17.1 Å². The molecule has 0 unspecified atom stereocenters. The molecule has 3 N–H and O–H groups in total. The maximum atomic E-state index is 13.4. The van der Waals surface area contributed by atoms with Crippen molar-refractivity contribution in [3.63, 3.8) is 0 Å². The number of rotatable bonds is 11. The first-order valence-corrected chi connectivity index (χ1v) is 14.7. The number of benzene rings is 3. The Morgan fingerprint density at radius 2 is 1.73 bits per heavy atom. The third-order valence-corrected chi connectivity index (χ3v) is 7.23. The Kier molecular flexibility index (Phi) is 9.22. The van der Waals surface area contributed by atoms with Crippen LogP contribution in [0.25, 0.3) is 5.57 Å². The molecule has 5 rings (SSSR count). The van der Waals surface area contributed by atoms with Gasteiger partial charge in [-0.05, 0) is 75.6 Å². The SMILES string of the molecule is Cc1cc(C(=O)Nc2cccc(C(=O)c3ccc4c(c3)NC(=O)C4=CNc3ccc(CCCC(=O)OC(C)C)cc3)c2)n(C)n1. The van der Waals surface area contributed by atoms with Gasteiger partial charge in [0, 0.05) is 53.4 Å². The standard InChI is InChI=1S/C35H35N5O5/c1-21(2)45-32(41)10-5-7-23-11-14-26(15-12-23)36-20-29-28-16-13-25(19-30(28)38-34(29)43)33(42)24-8-6-9-27(18-24)37-35(44)31-17-22(3)39-40(31)4/h6,8-9,11-21,36H,5,7,10H2,1-4H3,(H,37,44)(H,38,43). The molecule has 2 heterocycles. The maximum Gasteiger partial charge on any atom is 0.306 e. The van der Waals surface area contributed by atoms with E-state index in [0.29, 0.717) is 52.2 Å². The zero-order chi connectivity index (χ0) is 32.1. The number of nitrogens with zero attached hydrogens (tertiary/aromatic N) is 2. The summed E-state index contributed by atoms with van der Waals surface area (Å²) in [4.78, 5) is 50.6. The van der Waals surface area contributed by atoms with Gasteiger partial charge in [0.25, 0.3) is 11.8 Å². The molecular weight excluding hydrogens is 570 g/mol.